The predicted molar refractivity (Wildman–Crippen MR) is 50.7 cm³/mol. The van der Waals surface area contributed by atoms with Crippen molar-refractivity contribution in [3.05, 3.63) is 34.6 Å². The van der Waals surface area contributed by atoms with Crippen LogP contribution in [0.15, 0.2) is 39.6 Å². The summed E-state index contributed by atoms with van der Waals surface area (Å²) in [5.74, 6) is 0.261. The van der Waals surface area contributed by atoms with Crippen LogP contribution in [0, 0.1) is 0 Å². The molecule has 4 heteroatoms. The molecule has 1 aliphatic heterocycles. The molecular weight excluding hydrogens is 172 g/mol. The minimum Gasteiger partial charge on any atom is -0.508 e. The van der Waals surface area contributed by atoms with Crippen LogP contribution in [0.25, 0.3) is 0 Å². The van der Waals surface area contributed by atoms with Gasteiger partial charge in [-0.15, -0.1) is 0 Å². The molecule has 0 saturated carbocycles. The topological polar surface area (TPSA) is 58.6 Å². The summed E-state index contributed by atoms with van der Waals surface area (Å²) in [5.41, 5.74) is 6.47. The number of nitrogens with zero attached hydrogens (tertiary/aromatic N) is 1. The van der Waals surface area contributed by atoms with Gasteiger partial charge in [-0.2, -0.15) is 0 Å². The Bertz CT molecular complexity index is 339. The molecule has 12 heavy (non-hydrogen) atoms. The number of aliphatic hydroxyl groups excluding tert-OH is 1. The Kier molecular flexibility index (Phi) is 1.69. The molecule has 3 nitrogen and oxygen atoms in total. The van der Waals surface area contributed by atoms with E-state index in [9.17, 15) is 5.11 Å². The Morgan fingerprint density at radius 3 is 3.17 bits per heavy atom. The van der Waals surface area contributed by atoms with Crippen molar-refractivity contribution in [2.75, 3.05) is 0 Å². The van der Waals surface area contributed by atoms with Crippen LogP contribution in [0.4, 0.5) is 0 Å². The summed E-state index contributed by atoms with van der Waals surface area (Å²) in [7, 11) is 0. The van der Waals surface area contributed by atoms with E-state index in [4.69, 9.17) is 5.73 Å². The van der Waals surface area contributed by atoms with Crippen molar-refractivity contribution in [1.29, 1.82) is 0 Å². The van der Waals surface area contributed by atoms with Gasteiger partial charge in [-0.3, -0.25) is 0 Å². The van der Waals surface area contributed by atoms with E-state index in [1.165, 1.54) is 11.8 Å². The molecule has 0 aromatic heterocycles. The standard InChI is InChI=1S/C8H8N2OS/c9-8-10-5-1-2-6(11)4-7(3-5)12-8/h1-2,4,11H,3H2,(H2,9,10). The fraction of sp³-hybridized carbons (Fsp3) is 0.125. The molecule has 0 unspecified atom stereocenters. The van der Waals surface area contributed by atoms with Crippen LogP contribution in [0.2, 0.25) is 0 Å². The Morgan fingerprint density at radius 1 is 1.50 bits per heavy atom. The maximum atomic E-state index is 9.26. The molecule has 1 aliphatic carbocycles. The molecule has 62 valence electrons. The van der Waals surface area contributed by atoms with E-state index < -0.39 is 0 Å². The maximum absolute atomic E-state index is 9.26. The number of thioether (sulfide) groups is 1. The zero-order chi connectivity index (χ0) is 8.55. The van der Waals surface area contributed by atoms with E-state index in [0.717, 1.165) is 17.0 Å². The molecule has 0 fully saturated rings. The third-order valence-corrected chi connectivity index (χ3v) is 2.42. The maximum Gasteiger partial charge on any atom is 0.163 e. The monoisotopic (exact) mass is 180 g/mol. The predicted octanol–water partition coefficient (Wildman–Crippen LogP) is 1.66. The summed E-state index contributed by atoms with van der Waals surface area (Å²) in [5, 5.41) is 9.80. The third kappa shape index (κ3) is 1.38. The SMILES string of the molecule is NC1=NC2=CC=C(O)C=C(C2)S1. The molecule has 2 aliphatic rings. The van der Waals surface area contributed by atoms with Gasteiger partial charge in [-0.05, 0) is 18.2 Å². The van der Waals surface area contributed by atoms with Crippen LogP contribution in [-0.4, -0.2) is 10.3 Å². The molecule has 0 spiro atoms. The lowest BCUT2D eigenvalue weighted by atomic mass is 10.3. The molecule has 0 aromatic carbocycles. The minimum absolute atomic E-state index is 0.261. The second kappa shape index (κ2) is 2.71. The van der Waals surface area contributed by atoms with Gasteiger partial charge in [0.1, 0.15) is 5.76 Å². The third-order valence-electron chi connectivity index (χ3n) is 1.60. The van der Waals surface area contributed by atoms with Crippen molar-refractivity contribution >= 4 is 16.9 Å². The zero-order valence-electron chi connectivity index (χ0n) is 6.32. The van der Waals surface area contributed by atoms with Crippen LogP contribution in [0.1, 0.15) is 6.42 Å². The summed E-state index contributed by atoms with van der Waals surface area (Å²) in [4.78, 5) is 5.16. The van der Waals surface area contributed by atoms with Gasteiger partial charge in [0.15, 0.2) is 5.17 Å². The van der Waals surface area contributed by atoms with E-state index in [1.54, 1.807) is 18.2 Å². The second-order valence-corrected chi connectivity index (χ2v) is 3.74. The Balaban J connectivity index is 2.45. The molecule has 2 rings (SSSR count). The fourth-order valence-electron chi connectivity index (χ4n) is 1.12. The number of aliphatic hydroxyl groups is 1. The first-order valence-electron chi connectivity index (χ1n) is 3.56. The Morgan fingerprint density at radius 2 is 2.33 bits per heavy atom. The summed E-state index contributed by atoms with van der Waals surface area (Å²) < 4.78 is 0. The number of nitrogens with two attached hydrogens (primary N) is 1. The smallest absolute Gasteiger partial charge is 0.163 e. The highest BCUT2D eigenvalue weighted by Gasteiger charge is 2.14. The minimum atomic E-state index is 0.261. The second-order valence-electron chi connectivity index (χ2n) is 2.59. The van der Waals surface area contributed by atoms with E-state index in [2.05, 4.69) is 4.99 Å². The van der Waals surface area contributed by atoms with Crippen molar-refractivity contribution in [1.82, 2.24) is 0 Å². The van der Waals surface area contributed by atoms with E-state index in [-0.39, 0.29) is 5.76 Å². The number of hydrogen-bond donors (Lipinski definition) is 2. The summed E-state index contributed by atoms with van der Waals surface area (Å²) >= 11 is 1.41. The van der Waals surface area contributed by atoms with Gasteiger partial charge in [-0.25, -0.2) is 4.99 Å². The van der Waals surface area contributed by atoms with Crippen molar-refractivity contribution in [2.24, 2.45) is 10.7 Å². The Hall–Kier alpha value is -1.16. The largest absolute Gasteiger partial charge is 0.508 e. The van der Waals surface area contributed by atoms with Gasteiger partial charge >= 0.3 is 0 Å². The molecule has 0 saturated heterocycles. The summed E-state index contributed by atoms with van der Waals surface area (Å²) in [6.45, 7) is 0. The number of fused-ring (bicyclic) bond motifs is 2. The van der Waals surface area contributed by atoms with Crippen LogP contribution < -0.4 is 5.73 Å². The molecule has 1 heterocycles. The van der Waals surface area contributed by atoms with Crippen LogP contribution >= 0.6 is 11.8 Å². The lowest BCUT2D eigenvalue weighted by molar-refractivity contribution is 0.432. The van der Waals surface area contributed by atoms with Crippen molar-refractivity contribution in [3.63, 3.8) is 0 Å². The molecule has 0 atom stereocenters. The lowest BCUT2D eigenvalue weighted by Gasteiger charge is -2.11. The van der Waals surface area contributed by atoms with E-state index in [0.29, 0.717) is 5.17 Å². The van der Waals surface area contributed by atoms with Gasteiger partial charge in [0.25, 0.3) is 0 Å². The molecule has 3 N–H and O–H groups in total. The molecule has 2 bridgehead atoms. The number of hydrogen-bond acceptors (Lipinski definition) is 4. The number of aliphatic imine (C=N–C) groups is 1. The highest BCUT2D eigenvalue weighted by molar-refractivity contribution is 8.17. The number of rotatable bonds is 0. The molecule has 0 aromatic rings. The number of amidine groups is 1. The van der Waals surface area contributed by atoms with Crippen molar-refractivity contribution < 1.29 is 5.11 Å². The number of allylic oxidation sites excluding steroid dienone is 4. The van der Waals surface area contributed by atoms with Gasteiger partial charge in [0, 0.05) is 17.0 Å². The first-order valence-corrected chi connectivity index (χ1v) is 4.38. The zero-order valence-corrected chi connectivity index (χ0v) is 7.14. The molecule has 0 radical (unpaired) electrons. The van der Waals surface area contributed by atoms with E-state index in [1.807, 2.05) is 0 Å². The van der Waals surface area contributed by atoms with Crippen molar-refractivity contribution in [2.45, 2.75) is 6.42 Å². The summed E-state index contributed by atoms with van der Waals surface area (Å²) in [6, 6.07) is 0. The normalized spacial score (nSPS) is 21.7. The average molecular weight is 180 g/mol. The van der Waals surface area contributed by atoms with Gasteiger partial charge < -0.3 is 10.8 Å². The highest BCUT2D eigenvalue weighted by Crippen LogP contribution is 2.32. The first-order chi connectivity index (χ1) is 5.74. The first kappa shape index (κ1) is 7.49. The lowest BCUT2D eigenvalue weighted by Crippen LogP contribution is -2.10. The summed E-state index contributed by atoms with van der Waals surface area (Å²) in [6.07, 6.45) is 5.90. The van der Waals surface area contributed by atoms with Crippen LogP contribution in [-0.2, 0) is 0 Å². The van der Waals surface area contributed by atoms with E-state index >= 15 is 0 Å². The van der Waals surface area contributed by atoms with Crippen LogP contribution in [0.3, 0.4) is 0 Å². The average Bonchev–Trinajstić information content (AvgIpc) is 2.10. The van der Waals surface area contributed by atoms with Gasteiger partial charge in [-0.1, -0.05) is 11.8 Å². The van der Waals surface area contributed by atoms with Crippen molar-refractivity contribution in [3.8, 4) is 0 Å². The van der Waals surface area contributed by atoms with Crippen LogP contribution in [0.5, 0.6) is 0 Å². The molecular formula is C8H8N2OS. The van der Waals surface area contributed by atoms with Gasteiger partial charge in [0.05, 0.1) is 0 Å². The van der Waals surface area contributed by atoms with Gasteiger partial charge in [0.2, 0.25) is 0 Å². The molecule has 0 amide bonds. The Labute approximate surface area is 74.4 Å². The fourth-order valence-corrected chi connectivity index (χ4v) is 1.96. The quantitative estimate of drug-likeness (QED) is 0.596. The highest BCUT2D eigenvalue weighted by atomic mass is 32.2.